The molecule has 5 aromatic carbocycles. The molecular weight excluding hydrogens is 1680 g/mol. The Hall–Kier alpha value is -14.4. The van der Waals surface area contributed by atoms with E-state index in [1.165, 1.54) is 75.7 Å². The van der Waals surface area contributed by atoms with Crippen molar-refractivity contribution in [1.82, 2.24) is 48.2 Å². The van der Waals surface area contributed by atoms with Gasteiger partial charge in [-0.05, 0) is 304 Å². The number of H-pyrrole nitrogens is 1. The number of hydrogen-bond acceptors (Lipinski definition) is 18. The summed E-state index contributed by atoms with van der Waals surface area (Å²) in [5.74, 6) is 0.357. The third-order valence-electron chi connectivity index (χ3n) is 26.5. The first kappa shape index (κ1) is 92.9. The molecule has 0 aliphatic heterocycles. The lowest BCUT2D eigenvalue weighted by molar-refractivity contribution is 0.0514. The van der Waals surface area contributed by atoms with Gasteiger partial charge in [-0.1, -0.05) is 121 Å². The van der Waals surface area contributed by atoms with E-state index < -0.39 is 17.9 Å². The molecule has 5 aliphatic carbocycles. The number of carbonyl (C=O) groups is 5. The van der Waals surface area contributed by atoms with Gasteiger partial charge in [-0.2, -0.15) is 0 Å². The standard InChI is InChI=1S/2C23H24N2O3.2C22H22N2O2.C21H20N2O3/c1-3-25-14-20(23(27)28-4-2)21(26)19-12-16(13-24-22(19)25)9-15-10-17-7-5-6-8-18(17)11-15;1-3-25-14-19(23(27)28-4-2)22(26)21-20(25)10-9-18(24-21)13-15-11-16-7-5-6-8-17(16)12-15;1-3-24-13-20(14(2)25)21(26)19-11-16(12-23-22(19)24)8-15-9-17-6-4-5-7-18(17)10-15;1-3-24-13-19(14(2)25)22(26)21-20(24)9-8-18(23-21)12-15-10-16-6-4-5-7-17(16)11-15;1-2-26-21(25)17-12-22-18-8-7-16(23-19(18)20(17)24)11-13-9-14-5-3-4-6-15(14)10-13/h5-8,12-15H,3-4,9-11H2,1-2H3;5-10,14-15H,3-4,11-13H2,1-2H3;4-7,11-13,15H,3,8-10H2,1-2H3;4-9,13,15H,3,10-12H2,1-2H3;3-8,12-13H,2,9-11H2,1H3,(H,22,24). The molecule has 15 aromatic rings. The number of pyridine rings is 10. The Morgan fingerprint density at radius 2 is 0.604 bits per heavy atom. The fourth-order valence-electron chi connectivity index (χ4n) is 20.0. The number of esters is 3. The molecule has 0 saturated heterocycles. The molecule has 20 rings (SSSR count). The van der Waals surface area contributed by atoms with E-state index in [0.29, 0.717) is 99.9 Å². The number of ketones is 2. The SMILES string of the molecule is CCOC(=O)c1c[nH]c2ccc(CC3Cc4ccccc4C3)nc2c1=O.CCOC(=O)c1cn(CC)c2ccc(CC3Cc4ccccc4C3)nc2c1=O.CCOC(=O)c1cn(CC)c2ncc(CC3Cc4ccccc4C3)cc2c1=O.CCn1cc(C(C)=O)c(=O)c2cc(CC3Cc4ccccc4C3)cnc21.CCn1cc(C(C)=O)c(=O)c2nc(CC3Cc4ccccc4C3)ccc21. The first-order valence-corrected chi connectivity index (χ1v) is 47.0. The zero-order chi connectivity index (χ0) is 94.0. The number of aryl methyl sites for hydroxylation is 4. The van der Waals surface area contributed by atoms with Crippen molar-refractivity contribution >= 4 is 84.6 Å². The van der Waals surface area contributed by atoms with Gasteiger partial charge in [0.2, 0.25) is 27.1 Å². The molecule has 5 aliphatic rings. The van der Waals surface area contributed by atoms with Crippen LogP contribution in [0.1, 0.15) is 198 Å². The number of carbonyl (C=O) groups excluding carboxylic acids is 5. The van der Waals surface area contributed by atoms with Gasteiger partial charge >= 0.3 is 17.9 Å². The van der Waals surface area contributed by atoms with Crippen molar-refractivity contribution in [3.8, 4) is 0 Å². The number of ether oxygens (including phenoxy) is 3. The van der Waals surface area contributed by atoms with Gasteiger partial charge in [-0.25, -0.2) is 39.3 Å². The lowest BCUT2D eigenvalue weighted by atomic mass is 9.97. The monoisotopic (exact) mass is 1790 g/mol. The van der Waals surface area contributed by atoms with Gasteiger partial charge < -0.3 is 37.5 Å². The second kappa shape index (κ2) is 41.6. The van der Waals surface area contributed by atoms with Gasteiger partial charge in [0.25, 0.3) is 0 Å². The van der Waals surface area contributed by atoms with Crippen LogP contribution in [0.25, 0.3) is 55.2 Å². The number of nitrogens with zero attached hydrogens (tertiary/aromatic N) is 9. The fraction of sp³-hybridized carbons (Fsp3) is 0.324. The van der Waals surface area contributed by atoms with Crippen molar-refractivity contribution in [2.45, 2.75) is 185 Å². The average Bonchev–Trinajstić information content (AvgIpc) is 1.26. The molecule has 0 radical (unpaired) electrons. The minimum absolute atomic E-state index is 0.00253. The largest absolute Gasteiger partial charge is 0.462 e. The number of fused-ring (bicyclic) bond motifs is 10. The summed E-state index contributed by atoms with van der Waals surface area (Å²) in [6, 6.07) is 58.4. The summed E-state index contributed by atoms with van der Waals surface area (Å²) in [4.78, 5) is 150. The van der Waals surface area contributed by atoms with Crippen LogP contribution in [-0.2, 0) is 137 Å². The molecular formula is C111H112N10O13. The molecule has 134 heavy (non-hydrogen) atoms. The maximum absolute atomic E-state index is 12.9. The summed E-state index contributed by atoms with van der Waals surface area (Å²) in [5.41, 5.74) is 22.5. The quantitative estimate of drug-likeness (QED) is 0.0374. The van der Waals surface area contributed by atoms with Crippen molar-refractivity contribution in [1.29, 1.82) is 0 Å². The van der Waals surface area contributed by atoms with Crippen LogP contribution in [-0.4, -0.2) is 97.5 Å². The number of rotatable bonds is 22. The van der Waals surface area contributed by atoms with Gasteiger partial charge in [-0.15, -0.1) is 0 Å². The van der Waals surface area contributed by atoms with E-state index in [2.05, 4.69) is 151 Å². The van der Waals surface area contributed by atoms with Crippen LogP contribution in [0.5, 0.6) is 0 Å². The number of Topliss-reactive ketones (excluding diaryl/α,β-unsaturated/α-hetero) is 2. The highest BCUT2D eigenvalue weighted by Crippen LogP contribution is 2.35. The predicted molar refractivity (Wildman–Crippen MR) is 522 cm³/mol. The van der Waals surface area contributed by atoms with Crippen molar-refractivity contribution < 1.29 is 38.2 Å². The number of benzene rings is 5. The molecule has 0 unspecified atom stereocenters. The van der Waals surface area contributed by atoms with Crippen LogP contribution in [0.15, 0.2) is 237 Å². The second-order valence-corrected chi connectivity index (χ2v) is 35.6. The van der Waals surface area contributed by atoms with Gasteiger partial charge in [-0.3, -0.25) is 33.6 Å². The molecule has 1 N–H and O–H groups in total. The van der Waals surface area contributed by atoms with E-state index in [9.17, 15) is 47.9 Å². The zero-order valence-corrected chi connectivity index (χ0v) is 77.5. The van der Waals surface area contributed by atoms with E-state index >= 15 is 0 Å². The molecule has 10 heterocycles. The zero-order valence-electron chi connectivity index (χ0n) is 77.5. The number of hydrogen-bond donors (Lipinski definition) is 1. The summed E-state index contributed by atoms with van der Waals surface area (Å²) >= 11 is 0. The first-order valence-electron chi connectivity index (χ1n) is 47.0. The molecule has 23 nitrogen and oxygen atoms in total. The third kappa shape index (κ3) is 20.5. The lowest BCUT2D eigenvalue weighted by Crippen LogP contribution is -2.22. The Labute approximate surface area is 776 Å². The van der Waals surface area contributed by atoms with Crippen LogP contribution in [0.3, 0.4) is 0 Å². The van der Waals surface area contributed by atoms with Crippen LogP contribution < -0.4 is 27.1 Å². The minimum Gasteiger partial charge on any atom is -0.462 e. The number of aromatic amines is 1. The number of nitrogens with one attached hydrogen (secondary N) is 1. The Morgan fingerprint density at radius 1 is 0.328 bits per heavy atom. The van der Waals surface area contributed by atoms with Crippen LogP contribution >= 0.6 is 0 Å². The maximum Gasteiger partial charge on any atom is 0.343 e. The Kier molecular flexibility index (Phi) is 28.9. The highest BCUT2D eigenvalue weighted by atomic mass is 16.5. The highest BCUT2D eigenvalue weighted by molar-refractivity contribution is 5.98. The van der Waals surface area contributed by atoms with Gasteiger partial charge in [0.1, 0.15) is 44.5 Å². The molecule has 0 amide bonds. The molecule has 0 atom stereocenters. The van der Waals surface area contributed by atoms with E-state index in [1.54, 1.807) is 45.6 Å². The van der Waals surface area contributed by atoms with Crippen LogP contribution in [0, 0.1) is 29.6 Å². The Balaban J connectivity index is 0.000000122. The van der Waals surface area contributed by atoms with E-state index in [0.717, 1.165) is 136 Å². The molecule has 23 heteroatoms. The summed E-state index contributed by atoms with van der Waals surface area (Å²) < 4.78 is 22.6. The second-order valence-electron chi connectivity index (χ2n) is 35.6. The van der Waals surface area contributed by atoms with E-state index in [-0.39, 0.29) is 86.3 Å². The summed E-state index contributed by atoms with van der Waals surface area (Å²) in [5, 5.41) is 1.04. The molecule has 0 bridgehead atoms. The van der Waals surface area contributed by atoms with Crippen molar-refractivity contribution in [3.63, 3.8) is 0 Å². The molecule has 684 valence electrons. The van der Waals surface area contributed by atoms with Gasteiger partial charge in [0, 0.05) is 86.6 Å². The molecule has 0 saturated carbocycles. The van der Waals surface area contributed by atoms with Crippen molar-refractivity contribution in [3.05, 3.63) is 376 Å². The van der Waals surface area contributed by atoms with Gasteiger partial charge in [0.05, 0.1) is 58.3 Å². The van der Waals surface area contributed by atoms with Crippen molar-refractivity contribution in [2.75, 3.05) is 19.8 Å². The lowest BCUT2D eigenvalue weighted by Gasteiger charge is -2.13. The molecule has 0 fully saturated rings. The van der Waals surface area contributed by atoms with Crippen LogP contribution in [0.2, 0.25) is 0 Å². The summed E-state index contributed by atoms with van der Waals surface area (Å²) in [6.07, 6.45) is 26.3. The fourth-order valence-corrected chi connectivity index (χ4v) is 20.0. The predicted octanol–water partition coefficient (Wildman–Crippen LogP) is 17.3. The smallest absolute Gasteiger partial charge is 0.343 e. The normalized spacial score (nSPS) is 13.8. The minimum atomic E-state index is -0.617. The Bertz CT molecular complexity index is 6910. The summed E-state index contributed by atoms with van der Waals surface area (Å²) in [7, 11) is 0. The number of aromatic nitrogens is 10. The van der Waals surface area contributed by atoms with E-state index in [1.807, 2.05) is 107 Å². The van der Waals surface area contributed by atoms with Crippen molar-refractivity contribution in [2.24, 2.45) is 29.6 Å². The maximum atomic E-state index is 12.9. The van der Waals surface area contributed by atoms with Gasteiger partial charge in [0.15, 0.2) is 11.6 Å². The third-order valence-corrected chi connectivity index (χ3v) is 26.5. The summed E-state index contributed by atoms with van der Waals surface area (Å²) in [6.45, 7) is 19.3. The average molecular weight is 1790 g/mol. The highest BCUT2D eigenvalue weighted by Gasteiger charge is 2.30. The Morgan fingerprint density at radius 3 is 0.948 bits per heavy atom. The molecule has 10 aromatic heterocycles. The molecule has 0 spiro atoms. The first-order chi connectivity index (χ1) is 65.0. The van der Waals surface area contributed by atoms with E-state index in [4.69, 9.17) is 14.2 Å². The topological polar surface area (TPSA) is 298 Å². The van der Waals surface area contributed by atoms with Crippen LogP contribution in [0.4, 0.5) is 0 Å².